The van der Waals surface area contributed by atoms with E-state index < -0.39 is 0 Å². The lowest BCUT2D eigenvalue weighted by molar-refractivity contribution is 0.102. The Morgan fingerprint density at radius 3 is 1.40 bits per heavy atom. The number of anilines is 2. The second-order valence-electron chi connectivity index (χ2n) is 10.9. The van der Waals surface area contributed by atoms with Crippen LogP contribution in [0.1, 0.15) is 20.7 Å². The summed E-state index contributed by atoms with van der Waals surface area (Å²) in [4.78, 5) is 41.6. The Hall–Kier alpha value is -6.61. The first kappa shape index (κ1) is 30.1. The highest BCUT2D eigenvalue weighted by Crippen LogP contribution is 2.29. The second kappa shape index (κ2) is 13.0. The molecular formula is C39H29N5O4. The van der Waals surface area contributed by atoms with Crippen molar-refractivity contribution in [2.24, 2.45) is 0 Å². The zero-order valence-electron chi connectivity index (χ0n) is 26.1. The molecule has 0 saturated heterocycles. The van der Waals surface area contributed by atoms with Gasteiger partial charge in [0.05, 0.1) is 47.8 Å². The van der Waals surface area contributed by atoms with Crippen LogP contribution in [0.5, 0.6) is 11.5 Å². The number of nitrogens with zero attached hydrogens (tertiary/aromatic N) is 3. The molecule has 0 aliphatic rings. The summed E-state index contributed by atoms with van der Waals surface area (Å²) in [6.07, 6.45) is 0. The maximum Gasteiger partial charge on any atom is 0.257 e. The van der Waals surface area contributed by atoms with Crippen molar-refractivity contribution in [3.8, 4) is 34.0 Å². The molecule has 9 heteroatoms. The van der Waals surface area contributed by atoms with Crippen molar-refractivity contribution in [2.75, 3.05) is 24.9 Å². The molecule has 0 aliphatic carbocycles. The molecule has 2 amide bonds. The fraction of sp³-hybridized carbons (Fsp3) is 0.0513. The van der Waals surface area contributed by atoms with Crippen molar-refractivity contribution >= 4 is 45.3 Å². The number of hydrogen-bond acceptors (Lipinski definition) is 7. The highest BCUT2D eigenvalue weighted by Gasteiger charge is 2.18. The number of rotatable bonds is 8. The van der Waals surface area contributed by atoms with Crippen molar-refractivity contribution in [2.45, 2.75) is 0 Å². The predicted molar refractivity (Wildman–Crippen MR) is 188 cm³/mol. The minimum absolute atomic E-state index is 0.276. The maximum absolute atomic E-state index is 13.7. The molecule has 2 N–H and O–H groups in total. The van der Waals surface area contributed by atoms with E-state index in [1.54, 1.807) is 44.6 Å². The summed E-state index contributed by atoms with van der Waals surface area (Å²) in [6.45, 7) is 0. The van der Waals surface area contributed by atoms with Crippen molar-refractivity contribution < 1.29 is 19.1 Å². The number of pyridine rings is 3. The smallest absolute Gasteiger partial charge is 0.257 e. The van der Waals surface area contributed by atoms with Gasteiger partial charge in [0.25, 0.3) is 11.8 Å². The Morgan fingerprint density at radius 1 is 0.500 bits per heavy atom. The number of hydrogen-bond donors (Lipinski definition) is 2. The fourth-order valence-electron chi connectivity index (χ4n) is 5.53. The summed E-state index contributed by atoms with van der Waals surface area (Å²) in [7, 11) is 3.21. The molecule has 7 aromatic rings. The Balaban J connectivity index is 1.18. The zero-order valence-corrected chi connectivity index (χ0v) is 26.1. The standard InChI is InChI=1S/C39H29N5O4/c1-47-26-12-7-10-24(20-26)34-22-30(28-14-3-5-16-32(28)40-34)38(45)43-36-18-9-19-37(42-36)44-39(46)31-23-35(25-11-8-13-27(21-25)48-2)41-33-17-6-4-15-29(31)33/h3-23H,1-2H3,(H2,42,43,44,45,46). The SMILES string of the molecule is COc1cccc(-c2cc(C(=O)Nc3cccc(NC(=O)c4cc(-c5cccc(OC)c5)nc5ccccc45)n3)c3ccccc3n2)c1. The van der Waals surface area contributed by atoms with Crippen LogP contribution >= 0.6 is 0 Å². The van der Waals surface area contributed by atoms with Crippen molar-refractivity contribution in [1.29, 1.82) is 0 Å². The second-order valence-corrected chi connectivity index (χ2v) is 10.9. The van der Waals surface area contributed by atoms with Crippen LogP contribution in [0.2, 0.25) is 0 Å². The van der Waals surface area contributed by atoms with Crippen molar-refractivity contribution in [1.82, 2.24) is 15.0 Å². The molecule has 4 aromatic carbocycles. The Morgan fingerprint density at radius 2 is 0.938 bits per heavy atom. The van der Waals surface area contributed by atoms with Gasteiger partial charge in [0.1, 0.15) is 23.1 Å². The average Bonchev–Trinajstić information content (AvgIpc) is 3.14. The van der Waals surface area contributed by atoms with E-state index in [0.717, 1.165) is 11.1 Å². The summed E-state index contributed by atoms with van der Waals surface area (Å²) in [5, 5.41) is 7.19. The fourth-order valence-corrected chi connectivity index (χ4v) is 5.53. The number of aromatic nitrogens is 3. The zero-order chi connectivity index (χ0) is 33.0. The Kier molecular flexibility index (Phi) is 8.15. The van der Waals surface area contributed by atoms with E-state index in [2.05, 4.69) is 15.6 Å². The molecule has 0 bridgehead atoms. The molecule has 0 atom stereocenters. The summed E-state index contributed by atoms with van der Waals surface area (Å²) in [5.74, 6) is 1.20. The van der Waals surface area contributed by atoms with Gasteiger partial charge in [-0.15, -0.1) is 0 Å². The van der Waals surface area contributed by atoms with Crippen LogP contribution in [0.4, 0.5) is 11.6 Å². The highest BCUT2D eigenvalue weighted by molar-refractivity contribution is 6.14. The Bertz CT molecular complexity index is 2180. The van der Waals surface area contributed by atoms with Crippen LogP contribution < -0.4 is 20.1 Å². The lowest BCUT2D eigenvalue weighted by Gasteiger charge is -2.13. The normalized spacial score (nSPS) is 10.9. The molecule has 0 unspecified atom stereocenters. The first-order chi connectivity index (χ1) is 23.5. The van der Waals surface area contributed by atoms with Gasteiger partial charge < -0.3 is 20.1 Å². The van der Waals surface area contributed by atoms with E-state index in [4.69, 9.17) is 19.4 Å². The van der Waals surface area contributed by atoms with E-state index in [1.165, 1.54) is 0 Å². The van der Waals surface area contributed by atoms with E-state index >= 15 is 0 Å². The van der Waals surface area contributed by atoms with Gasteiger partial charge >= 0.3 is 0 Å². The van der Waals surface area contributed by atoms with E-state index in [1.807, 2.05) is 97.1 Å². The lowest BCUT2D eigenvalue weighted by Crippen LogP contribution is -2.17. The van der Waals surface area contributed by atoms with Gasteiger partial charge in [0.2, 0.25) is 0 Å². The topological polar surface area (TPSA) is 115 Å². The molecule has 9 nitrogen and oxygen atoms in total. The number of methoxy groups -OCH3 is 2. The molecule has 234 valence electrons. The minimum Gasteiger partial charge on any atom is -0.497 e. The van der Waals surface area contributed by atoms with Crippen LogP contribution in [0.3, 0.4) is 0 Å². The molecule has 7 rings (SSSR count). The number of fused-ring (bicyclic) bond motifs is 2. The van der Waals surface area contributed by atoms with Crippen molar-refractivity contribution in [3.05, 3.63) is 139 Å². The quantitative estimate of drug-likeness (QED) is 0.174. The van der Waals surface area contributed by atoms with Crippen LogP contribution in [-0.2, 0) is 0 Å². The van der Waals surface area contributed by atoms with Crippen LogP contribution in [0, 0.1) is 0 Å². The van der Waals surface area contributed by atoms with Crippen molar-refractivity contribution in [3.63, 3.8) is 0 Å². The predicted octanol–water partition coefficient (Wildman–Crippen LogP) is 8.03. The number of para-hydroxylation sites is 2. The monoisotopic (exact) mass is 631 g/mol. The number of carbonyl (C=O) groups excluding carboxylic acids is 2. The van der Waals surface area contributed by atoms with Gasteiger partial charge in [-0.1, -0.05) is 66.7 Å². The summed E-state index contributed by atoms with van der Waals surface area (Å²) >= 11 is 0. The van der Waals surface area contributed by atoms with Gasteiger partial charge in [0, 0.05) is 21.9 Å². The van der Waals surface area contributed by atoms with Crippen LogP contribution in [0.15, 0.2) is 127 Å². The highest BCUT2D eigenvalue weighted by atomic mass is 16.5. The van der Waals surface area contributed by atoms with Crippen LogP contribution in [-0.4, -0.2) is 41.0 Å². The molecule has 0 aliphatic heterocycles. The molecule has 0 radical (unpaired) electrons. The largest absolute Gasteiger partial charge is 0.497 e. The van der Waals surface area contributed by atoms with Gasteiger partial charge in [-0.25, -0.2) is 15.0 Å². The number of ether oxygens (including phenoxy) is 2. The van der Waals surface area contributed by atoms with E-state index in [9.17, 15) is 9.59 Å². The van der Waals surface area contributed by atoms with E-state index in [-0.39, 0.29) is 23.5 Å². The lowest BCUT2D eigenvalue weighted by atomic mass is 10.0. The number of amides is 2. The summed E-state index contributed by atoms with van der Waals surface area (Å²) < 4.78 is 10.8. The Labute approximate surface area is 276 Å². The molecule has 3 aromatic heterocycles. The first-order valence-electron chi connectivity index (χ1n) is 15.2. The first-order valence-corrected chi connectivity index (χ1v) is 15.2. The molecule has 3 heterocycles. The molecular weight excluding hydrogens is 602 g/mol. The van der Waals surface area contributed by atoms with Gasteiger partial charge in [0.15, 0.2) is 0 Å². The van der Waals surface area contributed by atoms with Gasteiger partial charge in [-0.05, 0) is 60.7 Å². The molecule has 0 fully saturated rings. The third-order valence-electron chi connectivity index (χ3n) is 7.88. The van der Waals surface area contributed by atoms with E-state index in [0.29, 0.717) is 55.8 Å². The van der Waals surface area contributed by atoms with Gasteiger partial charge in [-0.3, -0.25) is 9.59 Å². The average molecular weight is 632 g/mol. The maximum atomic E-state index is 13.7. The number of nitrogens with one attached hydrogen (secondary N) is 2. The minimum atomic E-state index is -0.364. The van der Waals surface area contributed by atoms with Gasteiger partial charge in [-0.2, -0.15) is 0 Å². The number of benzene rings is 4. The molecule has 48 heavy (non-hydrogen) atoms. The number of carbonyl (C=O) groups is 2. The summed E-state index contributed by atoms with van der Waals surface area (Å²) in [5.41, 5.74) is 5.11. The molecule has 0 spiro atoms. The third kappa shape index (κ3) is 6.12. The van der Waals surface area contributed by atoms with Crippen LogP contribution in [0.25, 0.3) is 44.3 Å². The summed E-state index contributed by atoms with van der Waals surface area (Å²) in [6, 6.07) is 38.6. The molecule has 0 saturated carbocycles. The third-order valence-corrected chi connectivity index (χ3v) is 7.88.